The van der Waals surface area contributed by atoms with Gasteiger partial charge in [0.15, 0.2) is 0 Å². The van der Waals surface area contributed by atoms with Crippen LogP contribution >= 0.6 is 0 Å². The van der Waals surface area contributed by atoms with Crippen LogP contribution in [0.15, 0.2) is 77.9 Å². The number of hydrazone groups is 1. The van der Waals surface area contributed by atoms with Crippen molar-refractivity contribution in [2.24, 2.45) is 5.10 Å². The van der Waals surface area contributed by atoms with Crippen LogP contribution in [-0.4, -0.2) is 6.21 Å². The van der Waals surface area contributed by atoms with Crippen LogP contribution in [0, 0.1) is 6.92 Å². The number of rotatable bonds is 6. The Morgan fingerprint density at radius 3 is 2.36 bits per heavy atom. The van der Waals surface area contributed by atoms with Crippen molar-refractivity contribution in [3.8, 4) is 5.75 Å². The highest BCUT2D eigenvalue weighted by atomic mass is 19.4. The zero-order valence-electron chi connectivity index (χ0n) is 15.2. The van der Waals surface area contributed by atoms with Gasteiger partial charge in [-0.2, -0.15) is 18.3 Å². The van der Waals surface area contributed by atoms with Crippen molar-refractivity contribution in [2.75, 3.05) is 5.43 Å². The van der Waals surface area contributed by atoms with Crippen molar-refractivity contribution < 1.29 is 17.9 Å². The lowest BCUT2D eigenvalue weighted by Gasteiger charge is -2.08. The molecule has 144 valence electrons. The van der Waals surface area contributed by atoms with E-state index in [4.69, 9.17) is 4.74 Å². The Morgan fingerprint density at radius 1 is 0.964 bits per heavy atom. The van der Waals surface area contributed by atoms with E-state index in [-0.39, 0.29) is 0 Å². The first-order valence-corrected chi connectivity index (χ1v) is 8.65. The molecule has 0 radical (unpaired) electrons. The molecule has 0 saturated heterocycles. The van der Waals surface area contributed by atoms with E-state index in [0.717, 1.165) is 23.3 Å². The van der Waals surface area contributed by atoms with Crippen LogP contribution in [0.25, 0.3) is 0 Å². The van der Waals surface area contributed by atoms with Gasteiger partial charge in [0.25, 0.3) is 0 Å². The summed E-state index contributed by atoms with van der Waals surface area (Å²) in [6, 6.07) is 20.2. The summed E-state index contributed by atoms with van der Waals surface area (Å²) < 4.78 is 43.5. The van der Waals surface area contributed by atoms with E-state index in [0.29, 0.717) is 18.0 Å². The number of alkyl halides is 3. The molecule has 1 N–H and O–H groups in total. The molecule has 0 aliphatic heterocycles. The van der Waals surface area contributed by atoms with Crippen molar-refractivity contribution >= 4 is 11.9 Å². The summed E-state index contributed by atoms with van der Waals surface area (Å²) in [6.07, 6.45) is -2.77. The Kier molecular flexibility index (Phi) is 5.99. The van der Waals surface area contributed by atoms with Gasteiger partial charge in [0.1, 0.15) is 12.4 Å². The second-order valence-corrected chi connectivity index (χ2v) is 6.29. The van der Waals surface area contributed by atoms with Crippen LogP contribution in [0.2, 0.25) is 0 Å². The number of anilines is 1. The minimum absolute atomic E-state index is 0.463. The molecule has 0 aliphatic carbocycles. The number of halogens is 3. The minimum atomic E-state index is -4.35. The highest BCUT2D eigenvalue weighted by Gasteiger charge is 2.29. The second-order valence-electron chi connectivity index (χ2n) is 6.29. The van der Waals surface area contributed by atoms with E-state index in [1.807, 2.05) is 55.5 Å². The molecule has 0 heterocycles. The third-order valence-electron chi connectivity index (χ3n) is 4.00. The average Bonchev–Trinajstić information content (AvgIpc) is 2.68. The number of nitrogens with zero attached hydrogens (tertiary/aromatic N) is 1. The maximum atomic E-state index is 12.6. The maximum absolute atomic E-state index is 12.6. The molecule has 0 amide bonds. The number of hydrogen-bond donors (Lipinski definition) is 1. The molecule has 0 unspecified atom stereocenters. The van der Waals surface area contributed by atoms with Gasteiger partial charge in [-0.15, -0.1) is 0 Å². The SMILES string of the molecule is Cc1ccc(COc2cccc(C=NNc3ccc(C(F)(F)F)cc3)c2)cc1. The Morgan fingerprint density at radius 2 is 1.68 bits per heavy atom. The van der Waals surface area contributed by atoms with Gasteiger partial charge < -0.3 is 4.74 Å². The smallest absolute Gasteiger partial charge is 0.416 e. The standard InChI is InChI=1S/C22H19F3N2O/c1-16-5-7-17(8-6-16)15-28-21-4-2-3-18(13-21)14-26-27-20-11-9-19(10-12-20)22(23,24)25/h2-14,27H,15H2,1H3. The summed E-state index contributed by atoms with van der Waals surface area (Å²) in [6.45, 7) is 2.50. The Balaban J connectivity index is 1.57. The van der Waals surface area contributed by atoms with Crippen molar-refractivity contribution in [1.29, 1.82) is 0 Å². The van der Waals surface area contributed by atoms with Gasteiger partial charge >= 0.3 is 6.18 Å². The monoisotopic (exact) mass is 384 g/mol. The fourth-order valence-corrected chi connectivity index (χ4v) is 2.45. The molecule has 0 aromatic heterocycles. The van der Waals surface area contributed by atoms with Crippen LogP contribution in [0.4, 0.5) is 18.9 Å². The van der Waals surface area contributed by atoms with Crippen molar-refractivity contribution in [2.45, 2.75) is 19.7 Å². The van der Waals surface area contributed by atoms with Gasteiger partial charge in [0.2, 0.25) is 0 Å². The Hall–Kier alpha value is -3.28. The van der Waals surface area contributed by atoms with Crippen LogP contribution in [-0.2, 0) is 12.8 Å². The van der Waals surface area contributed by atoms with Crippen molar-refractivity contribution in [3.63, 3.8) is 0 Å². The Labute approximate surface area is 161 Å². The Bertz CT molecular complexity index is 933. The van der Waals surface area contributed by atoms with Gasteiger partial charge in [-0.3, -0.25) is 5.43 Å². The molecule has 0 fully saturated rings. The number of hydrogen-bond acceptors (Lipinski definition) is 3. The summed E-state index contributed by atoms with van der Waals surface area (Å²) in [5.41, 5.74) is 5.57. The van der Waals surface area contributed by atoms with Crippen molar-refractivity contribution in [1.82, 2.24) is 0 Å². The molecule has 6 heteroatoms. The lowest BCUT2D eigenvalue weighted by Crippen LogP contribution is -2.04. The lowest BCUT2D eigenvalue weighted by molar-refractivity contribution is -0.137. The molecule has 0 saturated carbocycles. The molecule has 0 bridgehead atoms. The van der Waals surface area contributed by atoms with Crippen LogP contribution in [0.3, 0.4) is 0 Å². The number of ether oxygens (including phenoxy) is 1. The topological polar surface area (TPSA) is 33.6 Å². The molecule has 3 rings (SSSR count). The largest absolute Gasteiger partial charge is 0.489 e. The van der Waals surface area contributed by atoms with Gasteiger partial charge in [-0.25, -0.2) is 0 Å². The quantitative estimate of drug-likeness (QED) is 0.415. The first-order valence-electron chi connectivity index (χ1n) is 8.65. The summed E-state index contributed by atoms with van der Waals surface area (Å²) in [4.78, 5) is 0. The average molecular weight is 384 g/mol. The summed E-state index contributed by atoms with van der Waals surface area (Å²) >= 11 is 0. The molecule has 0 aliphatic rings. The number of aryl methyl sites for hydroxylation is 1. The zero-order valence-corrected chi connectivity index (χ0v) is 15.2. The van der Waals surface area contributed by atoms with E-state index in [9.17, 15) is 13.2 Å². The second kappa shape index (κ2) is 8.61. The van der Waals surface area contributed by atoms with Gasteiger partial charge in [0, 0.05) is 0 Å². The predicted octanol–water partition coefficient (Wildman–Crippen LogP) is 6.04. The van der Waals surface area contributed by atoms with E-state index in [1.54, 1.807) is 6.21 Å². The minimum Gasteiger partial charge on any atom is -0.489 e. The number of nitrogens with one attached hydrogen (secondary N) is 1. The highest BCUT2D eigenvalue weighted by Crippen LogP contribution is 2.29. The first kappa shape index (κ1) is 19.5. The third-order valence-corrected chi connectivity index (χ3v) is 4.00. The van der Waals surface area contributed by atoms with Crippen molar-refractivity contribution in [3.05, 3.63) is 95.1 Å². The molecular weight excluding hydrogens is 365 g/mol. The van der Waals surface area contributed by atoms with E-state index in [2.05, 4.69) is 10.5 Å². The fourth-order valence-electron chi connectivity index (χ4n) is 2.45. The normalized spacial score (nSPS) is 11.6. The summed E-state index contributed by atoms with van der Waals surface area (Å²) in [5.74, 6) is 0.707. The van der Waals surface area contributed by atoms with E-state index in [1.165, 1.54) is 17.7 Å². The zero-order chi connectivity index (χ0) is 20.0. The summed E-state index contributed by atoms with van der Waals surface area (Å²) in [5, 5.41) is 4.06. The molecular formula is C22H19F3N2O. The molecule has 3 aromatic carbocycles. The van der Waals surface area contributed by atoms with Crippen LogP contribution in [0.1, 0.15) is 22.3 Å². The van der Waals surface area contributed by atoms with E-state index >= 15 is 0 Å². The third kappa shape index (κ3) is 5.61. The first-order chi connectivity index (χ1) is 13.4. The molecule has 0 spiro atoms. The predicted molar refractivity (Wildman–Crippen MR) is 105 cm³/mol. The highest BCUT2D eigenvalue weighted by molar-refractivity contribution is 5.80. The molecule has 28 heavy (non-hydrogen) atoms. The maximum Gasteiger partial charge on any atom is 0.416 e. The summed E-state index contributed by atoms with van der Waals surface area (Å²) in [7, 11) is 0. The van der Waals surface area contributed by atoms with Crippen LogP contribution in [0.5, 0.6) is 5.75 Å². The van der Waals surface area contributed by atoms with Crippen LogP contribution < -0.4 is 10.2 Å². The lowest BCUT2D eigenvalue weighted by atomic mass is 10.2. The molecule has 3 aromatic rings. The molecule has 0 atom stereocenters. The molecule has 3 nitrogen and oxygen atoms in total. The fraction of sp³-hybridized carbons (Fsp3) is 0.136. The van der Waals surface area contributed by atoms with Gasteiger partial charge in [0.05, 0.1) is 17.5 Å². The number of benzene rings is 3. The van der Waals surface area contributed by atoms with Gasteiger partial charge in [-0.1, -0.05) is 42.0 Å². The van der Waals surface area contributed by atoms with Gasteiger partial charge in [-0.05, 0) is 54.4 Å². The van der Waals surface area contributed by atoms with E-state index < -0.39 is 11.7 Å².